The Bertz CT molecular complexity index is 995. The number of nitrogens with zero attached hydrogens (tertiary/aromatic N) is 2. The van der Waals surface area contributed by atoms with Crippen molar-refractivity contribution in [2.75, 3.05) is 27.2 Å². The maximum Gasteiger partial charge on any atom is 0.317 e. The molecule has 6 nitrogen and oxygen atoms in total. The van der Waals surface area contributed by atoms with Crippen LogP contribution < -0.4 is 15.8 Å². The molecule has 3 heterocycles. The molecule has 0 saturated carbocycles. The fourth-order valence-corrected chi connectivity index (χ4v) is 4.97. The molecule has 6 heteroatoms. The van der Waals surface area contributed by atoms with E-state index in [4.69, 9.17) is 0 Å². The Hall–Kier alpha value is -2.60. The van der Waals surface area contributed by atoms with E-state index in [0.29, 0.717) is 25.6 Å². The number of urea groups is 1. The van der Waals surface area contributed by atoms with Crippen molar-refractivity contribution in [3.8, 4) is 11.1 Å². The monoisotopic (exact) mass is 409 g/mol. The summed E-state index contributed by atoms with van der Waals surface area (Å²) in [5.74, 6) is 0.544. The summed E-state index contributed by atoms with van der Waals surface area (Å²) >= 11 is 0. The quantitative estimate of drug-likeness (QED) is 0.808. The number of benzene rings is 1. The molecule has 1 saturated heterocycles. The standard InChI is InChI=1S/C24H32N4O2/c1-16(2)25-24(30)27-12-17-11-19(15-27)22-10-9-21(23(29)28(22)13-17)20-8-6-5-7-18(20)14-26(3)4/h5-10,16-17,19H,11-15H2,1-4H3,(H,25,30)/p+1/t17-,19+/m0/s1. The highest BCUT2D eigenvalue weighted by atomic mass is 16.2. The minimum atomic E-state index is 0.00669. The third-order valence-electron chi connectivity index (χ3n) is 6.16. The van der Waals surface area contributed by atoms with E-state index in [1.54, 1.807) is 0 Å². The summed E-state index contributed by atoms with van der Waals surface area (Å²) in [5, 5.41) is 3.01. The van der Waals surface area contributed by atoms with Crippen molar-refractivity contribution in [2.45, 2.75) is 45.3 Å². The lowest BCUT2D eigenvalue weighted by atomic mass is 9.83. The first kappa shape index (κ1) is 20.7. The maximum absolute atomic E-state index is 13.5. The SMILES string of the molecule is CC(C)NC(=O)N1C[C@@H]2C[C@H](C1)c1ccc(-c3ccccc3C[NH+](C)C)c(=O)n1C2. The molecule has 2 atom stereocenters. The van der Waals surface area contributed by atoms with Crippen LogP contribution in [-0.4, -0.2) is 48.7 Å². The van der Waals surface area contributed by atoms with E-state index in [-0.39, 0.29) is 23.6 Å². The second-order valence-corrected chi connectivity index (χ2v) is 9.44. The highest BCUT2D eigenvalue weighted by molar-refractivity contribution is 5.74. The van der Waals surface area contributed by atoms with E-state index in [2.05, 4.69) is 37.6 Å². The van der Waals surface area contributed by atoms with Crippen LogP contribution in [0.4, 0.5) is 4.79 Å². The zero-order chi connectivity index (χ0) is 21.4. The highest BCUT2D eigenvalue weighted by Crippen LogP contribution is 2.36. The second kappa shape index (κ2) is 8.26. The van der Waals surface area contributed by atoms with Gasteiger partial charge in [0.25, 0.3) is 5.56 Å². The number of aromatic nitrogens is 1. The zero-order valence-corrected chi connectivity index (χ0v) is 18.4. The van der Waals surface area contributed by atoms with Crippen molar-refractivity contribution < 1.29 is 9.69 Å². The Morgan fingerprint density at radius 2 is 1.87 bits per heavy atom. The number of rotatable bonds is 4. The third-order valence-corrected chi connectivity index (χ3v) is 6.16. The molecule has 1 aromatic heterocycles. The maximum atomic E-state index is 13.5. The topological polar surface area (TPSA) is 58.8 Å². The normalized spacial score (nSPS) is 20.4. The molecule has 1 aromatic carbocycles. The van der Waals surface area contributed by atoms with Gasteiger partial charge in [0.2, 0.25) is 0 Å². The van der Waals surface area contributed by atoms with E-state index >= 15 is 0 Å². The van der Waals surface area contributed by atoms with Gasteiger partial charge in [0, 0.05) is 48.4 Å². The summed E-state index contributed by atoms with van der Waals surface area (Å²) in [6.45, 7) is 6.91. The van der Waals surface area contributed by atoms with Gasteiger partial charge >= 0.3 is 6.03 Å². The summed E-state index contributed by atoms with van der Waals surface area (Å²) in [7, 11) is 4.25. The minimum absolute atomic E-state index is 0.00669. The van der Waals surface area contributed by atoms with E-state index < -0.39 is 0 Å². The lowest BCUT2D eigenvalue weighted by molar-refractivity contribution is -0.872. The van der Waals surface area contributed by atoms with Crippen molar-refractivity contribution in [2.24, 2.45) is 5.92 Å². The van der Waals surface area contributed by atoms with E-state index in [1.807, 2.05) is 41.5 Å². The number of fused-ring (bicyclic) bond motifs is 4. The number of hydrogen-bond donors (Lipinski definition) is 2. The van der Waals surface area contributed by atoms with Gasteiger partial charge in [-0.25, -0.2) is 4.79 Å². The molecule has 2 N–H and O–H groups in total. The molecule has 2 bridgehead atoms. The number of nitrogens with one attached hydrogen (secondary N) is 2. The molecule has 0 unspecified atom stereocenters. The molecule has 0 spiro atoms. The van der Waals surface area contributed by atoms with Crippen molar-refractivity contribution in [3.05, 3.63) is 58.0 Å². The van der Waals surface area contributed by atoms with Crippen LogP contribution >= 0.6 is 0 Å². The zero-order valence-electron chi connectivity index (χ0n) is 18.4. The molecular formula is C24H33N4O2+. The molecule has 160 valence electrons. The third kappa shape index (κ3) is 4.01. The summed E-state index contributed by atoms with van der Waals surface area (Å²) < 4.78 is 1.98. The van der Waals surface area contributed by atoms with E-state index in [9.17, 15) is 9.59 Å². The molecule has 4 rings (SSSR count). The van der Waals surface area contributed by atoms with E-state index in [0.717, 1.165) is 29.8 Å². The van der Waals surface area contributed by atoms with Gasteiger partial charge in [-0.3, -0.25) is 4.79 Å². The van der Waals surface area contributed by atoms with Gasteiger partial charge in [0.1, 0.15) is 6.54 Å². The van der Waals surface area contributed by atoms with Crippen LogP contribution in [-0.2, 0) is 13.1 Å². The largest absolute Gasteiger partial charge is 0.336 e. The Morgan fingerprint density at radius 3 is 2.60 bits per heavy atom. The van der Waals surface area contributed by atoms with Crippen molar-refractivity contribution in [1.82, 2.24) is 14.8 Å². The smallest absolute Gasteiger partial charge is 0.317 e. The van der Waals surface area contributed by atoms with Gasteiger partial charge in [-0.2, -0.15) is 0 Å². The molecule has 0 radical (unpaired) electrons. The fourth-order valence-electron chi connectivity index (χ4n) is 4.97. The van der Waals surface area contributed by atoms with Crippen molar-refractivity contribution in [1.29, 1.82) is 0 Å². The van der Waals surface area contributed by atoms with Gasteiger partial charge in [-0.1, -0.05) is 24.3 Å². The number of piperidine rings is 1. The summed E-state index contributed by atoms with van der Waals surface area (Å²) in [5.41, 5.74) is 4.18. The summed E-state index contributed by atoms with van der Waals surface area (Å²) in [6.07, 6.45) is 1.05. The van der Waals surface area contributed by atoms with Gasteiger partial charge in [-0.05, 0) is 43.9 Å². The van der Waals surface area contributed by atoms with Crippen molar-refractivity contribution in [3.63, 3.8) is 0 Å². The molecule has 2 aliphatic heterocycles. The molecule has 0 aliphatic carbocycles. The lowest BCUT2D eigenvalue weighted by Crippen LogP contribution is -3.04. The van der Waals surface area contributed by atoms with Crippen LogP contribution in [0.3, 0.4) is 0 Å². The molecule has 2 aromatic rings. The number of likely N-dealkylation sites (tertiary alicyclic amines) is 1. The van der Waals surface area contributed by atoms with Crippen LogP contribution in [0.25, 0.3) is 11.1 Å². The van der Waals surface area contributed by atoms with Crippen LogP contribution in [0.5, 0.6) is 0 Å². The minimum Gasteiger partial charge on any atom is -0.336 e. The van der Waals surface area contributed by atoms with Gasteiger partial charge in [-0.15, -0.1) is 0 Å². The van der Waals surface area contributed by atoms with E-state index in [1.165, 1.54) is 10.5 Å². The highest BCUT2D eigenvalue weighted by Gasteiger charge is 2.36. The van der Waals surface area contributed by atoms with Gasteiger partial charge < -0.3 is 19.7 Å². The second-order valence-electron chi connectivity index (χ2n) is 9.44. The average Bonchev–Trinajstić information content (AvgIpc) is 2.68. The number of quaternary nitrogens is 1. The Labute approximate surface area is 178 Å². The Kier molecular flexibility index (Phi) is 5.69. The van der Waals surface area contributed by atoms with Crippen molar-refractivity contribution >= 4 is 6.03 Å². The molecule has 30 heavy (non-hydrogen) atoms. The number of pyridine rings is 1. The average molecular weight is 410 g/mol. The lowest BCUT2D eigenvalue weighted by Gasteiger charge is -2.43. The Morgan fingerprint density at radius 1 is 1.10 bits per heavy atom. The summed E-state index contributed by atoms with van der Waals surface area (Å²) in [6, 6.07) is 12.5. The van der Waals surface area contributed by atoms with Crippen LogP contribution in [0.15, 0.2) is 41.2 Å². The van der Waals surface area contributed by atoms with Crippen LogP contribution in [0.1, 0.15) is 37.4 Å². The molecule has 2 amide bonds. The molecule has 2 aliphatic rings. The van der Waals surface area contributed by atoms with Gasteiger partial charge in [0.05, 0.1) is 14.1 Å². The molecule has 1 fully saturated rings. The van der Waals surface area contributed by atoms with Crippen LogP contribution in [0, 0.1) is 5.92 Å². The predicted octanol–water partition coefficient (Wildman–Crippen LogP) is 1.70. The Balaban J connectivity index is 1.67. The first-order chi connectivity index (χ1) is 14.3. The number of carbonyl (C=O) groups is 1. The van der Waals surface area contributed by atoms with Gasteiger partial charge in [0.15, 0.2) is 0 Å². The molecular weight excluding hydrogens is 376 g/mol. The summed E-state index contributed by atoms with van der Waals surface area (Å²) in [4.78, 5) is 29.3. The number of amides is 2. The number of carbonyl (C=O) groups excluding carboxylic acids is 1. The number of hydrogen-bond acceptors (Lipinski definition) is 2. The first-order valence-corrected chi connectivity index (χ1v) is 11.0. The fraction of sp³-hybridized carbons (Fsp3) is 0.500. The first-order valence-electron chi connectivity index (χ1n) is 11.0. The van der Waals surface area contributed by atoms with Crippen LogP contribution in [0.2, 0.25) is 0 Å². The predicted molar refractivity (Wildman–Crippen MR) is 119 cm³/mol.